The highest BCUT2D eigenvalue weighted by Gasteiger charge is 2.25. The third-order valence-corrected chi connectivity index (χ3v) is 7.81. The molecule has 1 amide bonds. The first-order valence-corrected chi connectivity index (χ1v) is 13.8. The minimum atomic E-state index is -0.0424. The summed E-state index contributed by atoms with van der Waals surface area (Å²) in [6, 6.07) is 9.98. The van der Waals surface area contributed by atoms with Gasteiger partial charge in [0, 0.05) is 42.4 Å². The second kappa shape index (κ2) is 10.1. The Bertz CT molecular complexity index is 1500. The van der Waals surface area contributed by atoms with Crippen LogP contribution < -0.4 is 5.32 Å². The van der Waals surface area contributed by atoms with Crippen LogP contribution in [0.1, 0.15) is 60.8 Å². The van der Waals surface area contributed by atoms with Crippen molar-refractivity contribution < 1.29 is 9.53 Å². The average Bonchev–Trinajstić information content (AvgIpc) is 3.51. The molecule has 9 heteroatoms. The number of nitrogens with one attached hydrogen (secondary N) is 1. The van der Waals surface area contributed by atoms with Gasteiger partial charge in [-0.05, 0) is 74.4 Å². The molecule has 1 saturated heterocycles. The van der Waals surface area contributed by atoms with Crippen LogP contribution in [0.2, 0.25) is 5.02 Å². The molecule has 1 atom stereocenters. The minimum Gasteiger partial charge on any atom is -0.356 e. The van der Waals surface area contributed by atoms with Crippen LogP contribution in [0, 0.1) is 12.8 Å². The van der Waals surface area contributed by atoms with Crippen LogP contribution in [0.5, 0.6) is 0 Å². The van der Waals surface area contributed by atoms with Crippen LogP contribution >= 0.6 is 11.6 Å². The molecule has 0 aliphatic carbocycles. The summed E-state index contributed by atoms with van der Waals surface area (Å²) >= 11 is 6.83. The second-order valence-electron chi connectivity index (χ2n) is 10.7. The third kappa shape index (κ3) is 4.56. The molecule has 198 valence electrons. The highest BCUT2D eigenvalue weighted by atomic mass is 35.5. The normalized spacial score (nSPS) is 17.9. The number of ether oxygens (including phenoxy) is 1. The second-order valence-corrected chi connectivity index (χ2v) is 11.1. The lowest BCUT2D eigenvalue weighted by Gasteiger charge is -2.30. The molecule has 0 radical (unpaired) electrons. The van der Waals surface area contributed by atoms with Crippen LogP contribution in [0.15, 0.2) is 42.7 Å². The quantitative estimate of drug-likeness (QED) is 0.316. The van der Waals surface area contributed by atoms with E-state index in [1.165, 1.54) is 0 Å². The highest BCUT2D eigenvalue weighted by molar-refractivity contribution is 6.38. The Morgan fingerprint density at radius 1 is 1.21 bits per heavy atom. The van der Waals surface area contributed by atoms with Crippen molar-refractivity contribution >= 4 is 39.9 Å². The average molecular weight is 533 g/mol. The van der Waals surface area contributed by atoms with Gasteiger partial charge in [0.15, 0.2) is 12.0 Å². The molecule has 1 unspecified atom stereocenters. The first-order chi connectivity index (χ1) is 18.4. The number of rotatable bonds is 6. The number of nitrogens with zero attached hydrogens (tertiary/aromatic N) is 5. The van der Waals surface area contributed by atoms with Crippen molar-refractivity contribution in [3.8, 4) is 5.69 Å². The molecule has 0 saturated carbocycles. The van der Waals surface area contributed by atoms with Crippen LogP contribution in [0.25, 0.3) is 16.6 Å². The molecule has 6 rings (SSSR count). The fourth-order valence-corrected chi connectivity index (χ4v) is 5.71. The smallest absolute Gasteiger partial charge is 0.254 e. The Kier molecular flexibility index (Phi) is 6.61. The number of fused-ring (bicyclic) bond motifs is 2. The molecule has 2 aliphatic heterocycles. The zero-order valence-electron chi connectivity index (χ0n) is 22.1. The van der Waals surface area contributed by atoms with E-state index in [1.807, 2.05) is 57.8 Å². The summed E-state index contributed by atoms with van der Waals surface area (Å²) < 4.78 is 9.72. The van der Waals surface area contributed by atoms with Crippen LogP contribution in [0.3, 0.4) is 0 Å². The summed E-state index contributed by atoms with van der Waals surface area (Å²) in [5.74, 6) is 1.30. The lowest BCUT2D eigenvalue weighted by Crippen LogP contribution is -2.39. The Hall–Kier alpha value is -3.36. The Labute approximate surface area is 227 Å². The van der Waals surface area contributed by atoms with Crippen molar-refractivity contribution in [2.45, 2.75) is 52.7 Å². The molecular formula is C29H33ClN6O2. The zero-order valence-corrected chi connectivity index (χ0v) is 22.8. The van der Waals surface area contributed by atoms with Crippen molar-refractivity contribution in [1.29, 1.82) is 0 Å². The van der Waals surface area contributed by atoms with E-state index in [0.717, 1.165) is 90.2 Å². The monoisotopic (exact) mass is 532 g/mol. The first-order valence-electron chi connectivity index (χ1n) is 13.4. The third-order valence-electron chi connectivity index (χ3n) is 7.40. The largest absolute Gasteiger partial charge is 0.356 e. The fraction of sp³-hybridized carbons (Fsp3) is 0.414. The first kappa shape index (κ1) is 24.9. The van der Waals surface area contributed by atoms with Gasteiger partial charge in [0.1, 0.15) is 0 Å². The van der Waals surface area contributed by atoms with Gasteiger partial charge in [-0.25, -0.2) is 9.36 Å². The summed E-state index contributed by atoms with van der Waals surface area (Å²) in [6.45, 7) is 8.60. The number of hydrogen-bond acceptors (Lipinski definition) is 5. The molecule has 2 aromatic carbocycles. The van der Waals surface area contributed by atoms with Gasteiger partial charge < -0.3 is 15.0 Å². The van der Waals surface area contributed by atoms with E-state index in [9.17, 15) is 4.79 Å². The maximum atomic E-state index is 12.9. The number of anilines is 2. The van der Waals surface area contributed by atoms with E-state index in [4.69, 9.17) is 21.4 Å². The van der Waals surface area contributed by atoms with Crippen molar-refractivity contribution in [3.63, 3.8) is 0 Å². The van der Waals surface area contributed by atoms with E-state index in [0.29, 0.717) is 10.9 Å². The van der Waals surface area contributed by atoms with Gasteiger partial charge in [-0.2, -0.15) is 5.10 Å². The molecule has 38 heavy (non-hydrogen) atoms. The standard InChI is InChI=1S/C29H33ClN6O2/c1-18(2)16-34-12-11-20-14-21(7-8-22(20)29(34)37)35-17-19(3)28(33-35)32-24-9-10-25-23(27(24)30)15-31-36(25)26-6-4-5-13-38-26/h7-10,14-15,17-18,26H,4-6,11-13,16H2,1-3H3,(H,32,33). The number of carbonyl (C=O) groups is 1. The van der Waals surface area contributed by atoms with Gasteiger partial charge in [0.05, 0.1) is 28.1 Å². The predicted molar refractivity (Wildman–Crippen MR) is 150 cm³/mol. The molecular weight excluding hydrogens is 500 g/mol. The van der Waals surface area contributed by atoms with Gasteiger partial charge in [-0.15, -0.1) is 5.10 Å². The summed E-state index contributed by atoms with van der Waals surface area (Å²) in [7, 11) is 0. The Morgan fingerprint density at radius 2 is 2.08 bits per heavy atom. The van der Waals surface area contributed by atoms with Crippen LogP contribution in [-0.4, -0.2) is 50.1 Å². The van der Waals surface area contributed by atoms with E-state index in [-0.39, 0.29) is 12.1 Å². The number of halogens is 1. The van der Waals surface area contributed by atoms with Crippen LogP contribution in [-0.2, 0) is 11.2 Å². The number of aromatic nitrogens is 4. The predicted octanol–water partition coefficient (Wildman–Crippen LogP) is 6.28. The topological polar surface area (TPSA) is 77.2 Å². The maximum Gasteiger partial charge on any atom is 0.254 e. The summed E-state index contributed by atoms with van der Waals surface area (Å²) in [5.41, 5.74) is 5.53. The number of carbonyl (C=O) groups excluding carboxylic acids is 1. The van der Waals surface area contributed by atoms with E-state index >= 15 is 0 Å². The lowest BCUT2D eigenvalue weighted by atomic mass is 9.97. The Morgan fingerprint density at radius 3 is 2.87 bits per heavy atom. The number of amides is 1. The van der Waals surface area contributed by atoms with Crippen molar-refractivity contribution in [2.75, 3.05) is 25.0 Å². The van der Waals surface area contributed by atoms with Gasteiger partial charge in [0.25, 0.3) is 5.91 Å². The zero-order chi connectivity index (χ0) is 26.4. The highest BCUT2D eigenvalue weighted by Crippen LogP contribution is 2.35. The van der Waals surface area contributed by atoms with Crippen LogP contribution in [0.4, 0.5) is 11.5 Å². The number of aryl methyl sites for hydroxylation is 1. The molecule has 1 fully saturated rings. The van der Waals surface area contributed by atoms with Gasteiger partial charge >= 0.3 is 0 Å². The Balaban J connectivity index is 1.24. The van der Waals surface area contributed by atoms with Crippen molar-refractivity contribution in [2.24, 2.45) is 5.92 Å². The SMILES string of the molecule is Cc1cn(-c2ccc3c(c2)CCN(CC(C)C)C3=O)nc1Nc1ccc2c(cnn2C2CCCCO2)c1Cl. The van der Waals surface area contributed by atoms with E-state index < -0.39 is 0 Å². The molecule has 8 nitrogen and oxygen atoms in total. The van der Waals surface area contributed by atoms with E-state index in [1.54, 1.807) is 0 Å². The number of benzene rings is 2. The molecule has 2 aliphatic rings. The molecule has 1 N–H and O–H groups in total. The summed E-state index contributed by atoms with van der Waals surface area (Å²) in [5, 5.41) is 14.3. The van der Waals surface area contributed by atoms with Gasteiger partial charge in [-0.1, -0.05) is 25.4 Å². The molecule has 4 heterocycles. The van der Waals surface area contributed by atoms with Gasteiger partial charge in [0.2, 0.25) is 0 Å². The van der Waals surface area contributed by atoms with Gasteiger partial charge in [-0.3, -0.25) is 4.79 Å². The summed E-state index contributed by atoms with van der Waals surface area (Å²) in [4.78, 5) is 14.9. The van der Waals surface area contributed by atoms with E-state index in [2.05, 4.69) is 30.3 Å². The molecule has 0 bridgehead atoms. The minimum absolute atomic E-state index is 0.0424. The number of hydrogen-bond donors (Lipinski definition) is 1. The molecule has 2 aromatic heterocycles. The summed E-state index contributed by atoms with van der Waals surface area (Å²) in [6.07, 6.45) is 7.79. The maximum absolute atomic E-state index is 12.9. The molecule has 0 spiro atoms. The van der Waals surface area contributed by atoms with Crippen molar-refractivity contribution in [3.05, 3.63) is 64.4 Å². The van der Waals surface area contributed by atoms with Crippen molar-refractivity contribution in [1.82, 2.24) is 24.5 Å². The fourth-order valence-electron chi connectivity index (χ4n) is 5.45. The lowest BCUT2D eigenvalue weighted by molar-refractivity contribution is -0.0366. The molecule has 4 aromatic rings.